The summed E-state index contributed by atoms with van der Waals surface area (Å²) < 4.78 is 15.0. The number of rotatable bonds is 3. The van der Waals surface area contributed by atoms with Gasteiger partial charge in [-0.05, 0) is 58.2 Å². The van der Waals surface area contributed by atoms with E-state index in [2.05, 4.69) is 86.8 Å². The van der Waals surface area contributed by atoms with Gasteiger partial charge < -0.3 is 14.8 Å². The van der Waals surface area contributed by atoms with Crippen LogP contribution in [0.1, 0.15) is 34.4 Å². The molecule has 0 bridgehead atoms. The lowest BCUT2D eigenvalue weighted by Crippen LogP contribution is -2.32. The van der Waals surface area contributed by atoms with Gasteiger partial charge in [0, 0.05) is 11.1 Å². The van der Waals surface area contributed by atoms with Crippen molar-refractivity contribution >= 4 is 27.6 Å². The number of aromatic nitrogens is 3. The smallest absolute Gasteiger partial charge is 0.226 e. The first-order chi connectivity index (χ1) is 16.1. The van der Waals surface area contributed by atoms with Crippen molar-refractivity contribution in [3.05, 3.63) is 105 Å². The quantitative estimate of drug-likeness (QED) is 0.378. The molecule has 3 aromatic carbocycles. The van der Waals surface area contributed by atoms with Crippen molar-refractivity contribution in [2.45, 2.75) is 19.1 Å². The summed E-state index contributed by atoms with van der Waals surface area (Å²) in [5.74, 6) is 2.33. The molecule has 2 aliphatic rings. The van der Waals surface area contributed by atoms with Crippen molar-refractivity contribution in [3.8, 4) is 11.5 Å². The van der Waals surface area contributed by atoms with Gasteiger partial charge in [-0.3, -0.25) is 0 Å². The number of hydrogen-bond donors (Lipinski definition) is 1. The SMILES string of the molecule is COc1ccc([C@H]2Oc3ccc(C)cc3C3=C2[C@@H](c2ccccc2)n2ncnc2N3)cc1Br. The molecule has 33 heavy (non-hydrogen) atoms. The molecule has 6 nitrogen and oxygen atoms in total. The van der Waals surface area contributed by atoms with Crippen molar-refractivity contribution < 1.29 is 9.47 Å². The average molecular weight is 501 g/mol. The van der Waals surface area contributed by atoms with Crippen LogP contribution in [0, 0.1) is 6.92 Å². The second kappa shape index (κ2) is 7.78. The van der Waals surface area contributed by atoms with Gasteiger partial charge in [-0.25, -0.2) is 4.68 Å². The van der Waals surface area contributed by atoms with Gasteiger partial charge in [-0.15, -0.1) is 0 Å². The molecular weight excluding hydrogens is 480 g/mol. The Morgan fingerprint density at radius 2 is 1.88 bits per heavy atom. The standard InChI is InChI=1S/C26H21BrN4O2/c1-15-8-10-20-18(12-15)23-22(25(33-20)17-9-11-21(32-2)19(27)13-17)24(16-6-4-3-5-7-16)31-26(30-23)28-14-29-31/h3-14,24-25H,1-2H3,(H,28,29,30)/t24-,25-/m1/s1. The highest BCUT2D eigenvalue weighted by molar-refractivity contribution is 9.10. The van der Waals surface area contributed by atoms with Crippen LogP contribution in [0.3, 0.4) is 0 Å². The van der Waals surface area contributed by atoms with Gasteiger partial charge in [0.2, 0.25) is 5.95 Å². The number of halogens is 1. The zero-order valence-corrected chi connectivity index (χ0v) is 19.7. The van der Waals surface area contributed by atoms with Crippen LogP contribution in [0.15, 0.2) is 83.1 Å². The molecular formula is C26H21BrN4O2. The maximum Gasteiger partial charge on any atom is 0.226 e. The molecule has 3 heterocycles. The van der Waals surface area contributed by atoms with Crippen LogP contribution in [-0.4, -0.2) is 21.9 Å². The predicted octanol–water partition coefficient (Wildman–Crippen LogP) is 5.92. The average Bonchev–Trinajstić information content (AvgIpc) is 3.31. The minimum absolute atomic E-state index is 0.167. The summed E-state index contributed by atoms with van der Waals surface area (Å²) in [4.78, 5) is 4.50. The van der Waals surface area contributed by atoms with E-state index < -0.39 is 0 Å². The summed E-state index contributed by atoms with van der Waals surface area (Å²) in [5.41, 5.74) is 6.45. The Balaban J connectivity index is 1.62. The predicted molar refractivity (Wildman–Crippen MR) is 130 cm³/mol. The van der Waals surface area contributed by atoms with Crippen LogP contribution >= 0.6 is 15.9 Å². The lowest BCUT2D eigenvalue weighted by Gasteiger charge is -2.39. The fraction of sp³-hybridized carbons (Fsp3) is 0.154. The van der Waals surface area contributed by atoms with Crippen LogP contribution in [0.25, 0.3) is 5.70 Å². The molecule has 0 fully saturated rings. The number of benzene rings is 3. The molecule has 0 unspecified atom stereocenters. The molecule has 7 heteroatoms. The Kier molecular flexibility index (Phi) is 4.73. The van der Waals surface area contributed by atoms with E-state index in [1.165, 1.54) is 5.56 Å². The number of nitrogens with zero attached hydrogens (tertiary/aromatic N) is 3. The topological polar surface area (TPSA) is 61.2 Å². The fourth-order valence-electron chi connectivity index (χ4n) is 4.66. The number of aryl methyl sites for hydroxylation is 1. The Morgan fingerprint density at radius 1 is 1.03 bits per heavy atom. The maximum atomic E-state index is 6.69. The number of hydrogen-bond acceptors (Lipinski definition) is 5. The van der Waals surface area contributed by atoms with Gasteiger partial charge in [0.05, 0.1) is 17.3 Å². The third-order valence-electron chi connectivity index (χ3n) is 6.16. The largest absolute Gasteiger partial charge is 0.496 e. The normalized spacial score (nSPS) is 18.5. The van der Waals surface area contributed by atoms with Crippen molar-refractivity contribution in [2.24, 2.45) is 0 Å². The van der Waals surface area contributed by atoms with E-state index in [0.717, 1.165) is 43.9 Å². The van der Waals surface area contributed by atoms with Gasteiger partial charge in [0.15, 0.2) is 0 Å². The van der Waals surface area contributed by atoms with Crippen molar-refractivity contribution in [2.75, 3.05) is 12.4 Å². The third kappa shape index (κ3) is 3.23. The molecule has 1 aromatic heterocycles. The minimum Gasteiger partial charge on any atom is -0.496 e. The van der Waals surface area contributed by atoms with Crippen LogP contribution in [0.5, 0.6) is 11.5 Å². The second-order valence-electron chi connectivity index (χ2n) is 8.19. The molecule has 6 rings (SSSR count). The molecule has 4 aromatic rings. The van der Waals surface area contributed by atoms with E-state index in [1.807, 2.05) is 22.9 Å². The van der Waals surface area contributed by atoms with Crippen LogP contribution in [-0.2, 0) is 0 Å². The Morgan fingerprint density at radius 3 is 2.67 bits per heavy atom. The summed E-state index contributed by atoms with van der Waals surface area (Å²) in [6, 6.07) is 22.6. The van der Waals surface area contributed by atoms with Gasteiger partial charge in [0.1, 0.15) is 30.0 Å². The monoisotopic (exact) mass is 500 g/mol. The summed E-state index contributed by atoms with van der Waals surface area (Å²) >= 11 is 3.64. The summed E-state index contributed by atoms with van der Waals surface area (Å²) in [5, 5.41) is 8.13. The van der Waals surface area contributed by atoms with E-state index >= 15 is 0 Å². The number of ether oxygens (including phenoxy) is 2. The zero-order valence-electron chi connectivity index (χ0n) is 18.1. The highest BCUT2D eigenvalue weighted by Crippen LogP contribution is 2.51. The van der Waals surface area contributed by atoms with Crippen LogP contribution < -0.4 is 14.8 Å². The Labute approximate surface area is 200 Å². The summed E-state index contributed by atoms with van der Waals surface area (Å²) in [6.45, 7) is 2.09. The molecule has 0 amide bonds. The molecule has 0 saturated heterocycles. The van der Waals surface area contributed by atoms with E-state index in [1.54, 1.807) is 13.4 Å². The molecule has 0 saturated carbocycles. The lowest BCUT2D eigenvalue weighted by atomic mass is 9.84. The highest BCUT2D eigenvalue weighted by Gasteiger charge is 2.41. The molecule has 0 radical (unpaired) electrons. The highest BCUT2D eigenvalue weighted by atomic mass is 79.9. The first-order valence-corrected chi connectivity index (χ1v) is 11.5. The maximum absolute atomic E-state index is 6.69. The first kappa shape index (κ1) is 20.1. The number of methoxy groups -OCH3 is 1. The van der Waals surface area contributed by atoms with Crippen LogP contribution in [0.4, 0.5) is 5.95 Å². The van der Waals surface area contributed by atoms with Crippen LogP contribution in [0.2, 0.25) is 0 Å². The van der Waals surface area contributed by atoms with Gasteiger partial charge >= 0.3 is 0 Å². The van der Waals surface area contributed by atoms with E-state index in [9.17, 15) is 0 Å². The van der Waals surface area contributed by atoms with E-state index in [0.29, 0.717) is 5.95 Å². The van der Waals surface area contributed by atoms with Crippen molar-refractivity contribution in [1.29, 1.82) is 0 Å². The number of anilines is 1. The lowest BCUT2D eigenvalue weighted by molar-refractivity contribution is 0.223. The zero-order chi connectivity index (χ0) is 22.5. The first-order valence-electron chi connectivity index (χ1n) is 10.7. The van der Waals surface area contributed by atoms with Gasteiger partial charge in [-0.2, -0.15) is 10.1 Å². The number of nitrogens with one attached hydrogen (secondary N) is 1. The molecule has 2 atom stereocenters. The molecule has 1 N–H and O–H groups in total. The van der Waals surface area contributed by atoms with E-state index in [-0.39, 0.29) is 12.1 Å². The Hall–Kier alpha value is -3.58. The van der Waals surface area contributed by atoms with E-state index in [4.69, 9.17) is 9.47 Å². The van der Waals surface area contributed by atoms with Gasteiger partial charge in [-0.1, -0.05) is 48.0 Å². The molecule has 164 valence electrons. The molecule has 0 spiro atoms. The summed E-state index contributed by atoms with van der Waals surface area (Å²) in [7, 11) is 1.67. The second-order valence-corrected chi connectivity index (χ2v) is 9.04. The number of fused-ring (bicyclic) bond motifs is 3. The van der Waals surface area contributed by atoms with Crippen molar-refractivity contribution in [1.82, 2.24) is 14.8 Å². The third-order valence-corrected chi connectivity index (χ3v) is 6.78. The molecule has 2 aliphatic heterocycles. The Bertz CT molecular complexity index is 1400. The minimum atomic E-state index is -0.326. The fourth-order valence-corrected chi connectivity index (χ4v) is 5.22. The van der Waals surface area contributed by atoms with Crippen molar-refractivity contribution in [3.63, 3.8) is 0 Å². The summed E-state index contributed by atoms with van der Waals surface area (Å²) in [6.07, 6.45) is 1.26. The molecule has 0 aliphatic carbocycles. The van der Waals surface area contributed by atoms with Gasteiger partial charge in [0.25, 0.3) is 0 Å².